The summed E-state index contributed by atoms with van der Waals surface area (Å²) >= 11 is 0. The fourth-order valence-corrected chi connectivity index (χ4v) is 1.24. The molecule has 0 bridgehead atoms. The van der Waals surface area contributed by atoms with E-state index in [1.807, 2.05) is 13.8 Å². The van der Waals surface area contributed by atoms with Crippen molar-refractivity contribution in [2.45, 2.75) is 45.6 Å². The molecule has 0 aliphatic rings. The van der Waals surface area contributed by atoms with Gasteiger partial charge in [0.1, 0.15) is 0 Å². The first-order valence-electron chi connectivity index (χ1n) is 6.48. The van der Waals surface area contributed by atoms with E-state index in [9.17, 15) is 14.4 Å². The average molecular weight is 273 g/mol. The van der Waals surface area contributed by atoms with Gasteiger partial charge >= 0.3 is 12.0 Å². The number of aliphatic carboxylic acids is 1. The molecular weight excluding hydrogens is 250 g/mol. The lowest BCUT2D eigenvalue weighted by Gasteiger charge is -2.11. The number of carbonyl (C=O) groups excluding carboxylic acids is 2. The van der Waals surface area contributed by atoms with Crippen LogP contribution in [0.25, 0.3) is 0 Å². The van der Waals surface area contributed by atoms with Crippen LogP contribution in [-0.2, 0) is 9.59 Å². The van der Waals surface area contributed by atoms with E-state index in [2.05, 4.69) is 16.0 Å². The van der Waals surface area contributed by atoms with E-state index in [0.29, 0.717) is 13.0 Å². The molecule has 0 saturated heterocycles. The summed E-state index contributed by atoms with van der Waals surface area (Å²) in [6.07, 6.45) is 1.50. The number of carboxylic acids is 1. The Labute approximate surface area is 113 Å². The van der Waals surface area contributed by atoms with Crippen molar-refractivity contribution in [3.63, 3.8) is 0 Å². The predicted molar refractivity (Wildman–Crippen MR) is 70.8 cm³/mol. The van der Waals surface area contributed by atoms with Gasteiger partial charge in [-0.15, -0.1) is 0 Å². The van der Waals surface area contributed by atoms with Crippen molar-refractivity contribution in [2.75, 3.05) is 13.1 Å². The zero-order chi connectivity index (χ0) is 14.7. The monoisotopic (exact) mass is 273 g/mol. The predicted octanol–water partition coefficient (Wildman–Crippen LogP) is 0.455. The molecule has 0 aromatic rings. The Bertz CT molecular complexity index is 307. The van der Waals surface area contributed by atoms with Crippen LogP contribution in [0, 0.1) is 0 Å². The quantitative estimate of drug-likeness (QED) is 0.458. The van der Waals surface area contributed by atoms with Crippen molar-refractivity contribution >= 4 is 17.9 Å². The summed E-state index contributed by atoms with van der Waals surface area (Å²) in [6.45, 7) is 4.46. The zero-order valence-corrected chi connectivity index (χ0v) is 11.5. The second-order valence-corrected chi connectivity index (χ2v) is 4.31. The molecule has 0 spiro atoms. The van der Waals surface area contributed by atoms with Gasteiger partial charge in [-0.25, -0.2) is 4.79 Å². The summed E-state index contributed by atoms with van der Waals surface area (Å²) in [5.41, 5.74) is 0. The third kappa shape index (κ3) is 11.1. The molecule has 4 N–H and O–H groups in total. The second kappa shape index (κ2) is 10.2. The van der Waals surface area contributed by atoms with Crippen LogP contribution < -0.4 is 16.0 Å². The largest absolute Gasteiger partial charge is 0.481 e. The average Bonchev–Trinajstić information content (AvgIpc) is 2.34. The minimum Gasteiger partial charge on any atom is -0.481 e. The summed E-state index contributed by atoms with van der Waals surface area (Å²) in [5, 5.41) is 16.2. The third-order valence-electron chi connectivity index (χ3n) is 2.51. The molecule has 7 nitrogen and oxygen atoms in total. The maximum atomic E-state index is 11.4. The van der Waals surface area contributed by atoms with Crippen molar-refractivity contribution < 1.29 is 19.5 Å². The lowest BCUT2D eigenvalue weighted by atomic mass is 10.2. The summed E-state index contributed by atoms with van der Waals surface area (Å²) < 4.78 is 0. The van der Waals surface area contributed by atoms with Gasteiger partial charge in [-0.1, -0.05) is 6.92 Å². The van der Waals surface area contributed by atoms with Gasteiger partial charge in [-0.05, 0) is 19.8 Å². The first kappa shape index (κ1) is 17.2. The molecule has 110 valence electrons. The van der Waals surface area contributed by atoms with E-state index in [-0.39, 0.29) is 37.4 Å². The Morgan fingerprint density at radius 3 is 2.32 bits per heavy atom. The number of hydrogen-bond acceptors (Lipinski definition) is 3. The number of nitrogens with one attached hydrogen (secondary N) is 3. The minimum absolute atomic E-state index is 0.0254. The molecule has 19 heavy (non-hydrogen) atoms. The molecule has 0 saturated carbocycles. The van der Waals surface area contributed by atoms with Gasteiger partial charge in [0, 0.05) is 32.0 Å². The molecule has 0 aromatic carbocycles. The number of carbonyl (C=O) groups is 3. The van der Waals surface area contributed by atoms with Crippen molar-refractivity contribution in [1.82, 2.24) is 16.0 Å². The maximum absolute atomic E-state index is 11.4. The smallest absolute Gasteiger partial charge is 0.314 e. The van der Waals surface area contributed by atoms with Crippen LogP contribution in [0.5, 0.6) is 0 Å². The number of hydrogen-bond donors (Lipinski definition) is 4. The Balaban J connectivity index is 3.52. The van der Waals surface area contributed by atoms with Crippen LogP contribution in [0.15, 0.2) is 0 Å². The molecule has 7 heteroatoms. The fraction of sp³-hybridized carbons (Fsp3) is 0.750. The molecule has 0 heterocycles. The van der Waals surface area contributed by atoms with E-state index in [1.165, 1.54) is 0 Å². The molecule has 0 aromatic heterocycles. The normalized spacial score (nSPS) is 11.5. The number of carboxylic acid groups (broad SMARTS) is 1. The van der Waals surface area contributed by atoms with E-state index in [1.54, 1.807) is 0 Å². The highest BCUT2D eigenvalue weighted by Crippen LogP contribution is 1.89. The van der Waals surface area contributed by atoms with Crippen molar-refractivity contribution in [3.8, 4) is 0 Å². The molecule has 0 rings (SSSR count). The van der Waals surface area contributed by atoms with E-state index >= 15 is 0 Å². The van der Waals surface area contributed by atoms with Crippen LogP contribution in [0.1, 0.15) is 39.5 Å². The number of urea groups is 1. The van der Waals surface area contributed by atoms with Gasteiger partial charge in [-0.3, -0.25) is 9.59 Å². The molecule has 0 aliphatic carbocycles. The van der Waals surface area contributed by atoms with Gasteiger partial charge in [0.2, 0.25) is 5.91 Å². The second-order valence-electron chi connectivity index (χ2n) is 4.31. The highest BCUT2D eigenvalue weighted by molar-refractivity contribution is 5.78. The lowest BCUT2D eigenvalue weighted by Crippen LogP contribution is -2.39. The van der Waals surface area contributed by atoms with E-state index < -0.39 is 5.97 Å². The molecule has 0 aliphatic heterocycles. The Kier molecular flexibility index (Phi) is 9.20. The van der Waals surface area contributed by atoms with Gasteiger partial charge in [0.05, 0.1) is 0 Å². The third-order valence-corrected chi connectivity index (χ3v) is 2.51. The molecule has 1 unspecified atom stereocenters. The molecule has 3 amide bonds. The van der Waals surface area contributed by atoms with Gasteiger partial charge in [0.25, 0.3) is 0 Å². The Morgan fingerprint density at radius 2 is 1.74 bits per heavy atom. The molecule has 1 atom stereocenters. The van der Waals surface area contributed by atoms with Crippen LogP contribution >= 0.6 is 0 Å². The highest BCUT2D eigenvalue weighted by atomic mass is 16.4. The van der Waals surface area contributed by atoms with Gasteiger partial charge in [0.15, 0.2) is 0 Å². The summed E-state index contributed by atoms with van der Waals surface area (Å²) in [4.78, 5) is 32.9. The SMILES string of the molecule is CCC(C)NC(=O)CCNC(=O)NCCCC(=O)O. The lowest BCUT2D eigenvalue weighted by molar-refractivity contribution is -0.137. The summed E-state index contributed by atoms with van der Waals surface area (Å²) in [6, 6.07) is -0.251. The van der Waals surface area contributed by atoms with Crippen LogP contribution in [0.2, 0.25) is 0 Å². The van der Waals surface area contributed by atoms with Crippen molar-refractivity contribution in [1.29, 1.82) is 0 Å². The van der Waals surface area contributed by atoms with Crippen LogP contribution in [0.4, 0.5) is 4.79 Å². The zero-order valence-electron chi connectivity index (χ0n) is 11.5. The van der Waals surface area contributed by atoms with Crippen LogP contribution in [0.3, 0.4) is 0 Å². The van der Waals surface area contributed by atoms with Crippen molar-refractivity contribution in [3.05, 3.63) is 0 Å². The highest BCUT2D eigenvalue weighted by Gasteiger charge is 2.06. The standard InChI is InChI=1S/C12H23N3O4/c1-3-9(2)15-10(16)6-8-14-12(19)13-7-4-5-11(17)18/h9H,3-8H2,1-2H3,(H,15,16)(H,17,18)(H2,13,14,19). The summed E-state index contributed by atoms with van der Waals surface area (Å²) in [7, 11) is 0. The number of rotatable bonds is 9. The van der Waals surface area contributed by atoms with Crippen molar-refractivity contribution in [2.24, 2.45) is 0 Å². The maximum Gasteiger partial charge on any atom is 0.314 e. The Morgan fingerprint density at radius 1 is 1.11 bits per heavy atom. The number of amides is 3. The molecular formula is C12H23N3O4. The fourth-order valence-electron chi connectivity index (χ4n) is 1.24. The van der Waals surface area contributed by atoms with Crippen LogP contribution in [-0.4, -0.2) is 42.1 Å². The topological polar surface area (TPSA) is 108 Å². The van der Waals surface area contributed by atoms with E-state index in [0.717, 1.165) is 6.42 Å². The van der Waals surface area contributed by atoms with Gasteiger partial charge in [-0.2, -0.15) is 0 Å². The van der Waals surface area contributed by atoms with E-state index in [4.69, 9.17) is 5.11 Å². The molecule has 0 fully saturated rings. The summed E-state index contributed by atoms with van der Waals surface area (Å²) in [5.74, 6) is -0.982. The first-order valence-corrected chi connectivity index (χ1v) is 6.48. The minimum atomic E-state index is -0.885. The van der Waals surface area contributed by atoms with Gasteiger partial charge < -0.3 is 21.1 Å². The first-order chi connectivity index (χ1) is 8.95. The molecule has 0 radical (unpaired) electrons. The Hall–Kier alpha value is -1.79.